The molecule has 1 aliphatic heterocycles. The van der Waals surface area contributed by atoms with Crippen LogP contribution < -0.4 is 5.32 Å². The number of carbonyl (C=O) groups excluding carboxylic acids is 1. The number of sulfonamides is 1. The summed E-state index contributed by atoms with van der Waals surface area (Å²) in [5, 5.41) is 6.90. The second kappa shape index (κ2) is 8.41. The number of carbonyl (C=O) groups is 1. The maximum atomic E-state index is 12.7. The molecule has 3 aromatic rings. The standard InChI is InChI=1S/C20H22N4O5S/c1-30(26,27)24-10-8-14(9-11-24)20(25)21-16-6-3-2-5-15(16)13-18-22-19(23-29-18)17-7-4-12-28-17/h2-7,12,14H,8-11,13H2,1H3,(H,21,25). The molecule has 0 radical (unpaired) electrons. The molecule has 0 spiro atoms. The maximum Gasteiger partial charge on any atom is 0.238 e. The van der Waals surface area contributed by atoms with E-state index in [0.29, 0.717) is 55.5 Å². The molecular weight excluding hydrogens is 408 g/mol. The highest BCUT2D eigenvalue weighted by molar-refractivity contribution is 7.88. The van der Waals surface area contributed by atoms with Crippen molar-refractivity contribution in [1.29, 1.82) is 0 Å². The first-order valence-corrected chi connectivity index (χ1v) is 11.5. The maximum absolute atomic E-state index is 12.7. The van der Waals surface area contributed by atoms with E-state index in [9.17, 15) is 13.2 Å². The van der Waals surface area contributed by atoms with Crippen LogP contribution in [-0.2, 0) is 21.2 Å². The van der Waals surface area contributed by atoms with Crippen LogP contribution in [0.5, 0.6) is 0 Å². The zero-order valence-electron chi connectivity index (χ0n) is 16.4. The molecular formula is C20H22N4O5S. The number of anilines is 1. The summed E-state index contributed by atoms with van der Waals surface area (Å²) in [6.07, 6.45) is 4.08. The SMILES string of the molecule is CS(=O)(=O)N1CCC(C(=O)Nc2ccccc2Cc2nc(-c3ccco3)no2)CC1. The Hall–Kier alpha value is -2.98. The van der Waals surface area contributed by atoms with Crippen molar-refractivity contribution in [2.45, 2.75) is 19.3 Å². The molecule has 1 N–H and O–H groups in total. The third-order valence-electron chi connectivity index (χ3n) is 5.12. The summed E-state index contributed by atoms with van der Waals surface area (Å²) in [7, 11) is -3.22. The lowest BCUT2D eigenvalue weighted by Gasteiger charge is -2.29. The van der Waals surface area contributed by atoms with Crippen molar-refractivity contribution in [2.24, 2.45) is 5.92 Å². The van der Waals surface area contributed by atoms with Crippen molar-refractivity contribution in [3.05, 3.63) is 54.1 Å². The third kappa shape index (κ3) is 4.60. The van der Waals surface area contributed by atoms with Crippen LogP contribution in [0.3, 0.4) is 0 Å². The Labute approximate surface area is 174 Å². The number of benzene rings is 1. The van der Waals surface area contributed by atoms with Crippen molar-refractivity contribution in [3.8, 4) is 11.6 Å². The molecule has 30 heavy (non-hydrogen) atoms. The fourth-order valence-electron chi connectivity index (χ4n) is 3.48. The quantitative estimate of drug-likeness (QED) is 0.638. The van der Waals surface area contributed by atoms with E-state index in [2.05, 4.69) is 15.5 Å². The topological polar surface area (TPSA) is 119 Å². The van der Waals surface area contributed by atoms with Crippen LogP contribution in [0.2, 0.25) is 0 Å². The van der Waals surface area contributed by atoms with Gasteiger partial charge in [-0.15, -0.1) is 0 Å². The predicted octanol–water partition coefficient (Wildman–Crippen LogP) is 2.53. The van der Waals surface area contributed by atoms with E-state index in [1.807, 2.05) is 24.3 Å². The molecule has 2 aromatic heterocycles. The fraction of sp³-hybridized carbons (Fsp3) is 0.350. The zero-order chi connectivity index (χ0) is 21.1. The predicted molar refractivity (Wildman–Crippen MR) is 109 cm³/mol. The molecule has 0 atom stereocenters. The highest BCUT2D eigenvalue weighted by Crippen LogP contribution is 2.24. The number of nitrogens with zero attached hydrogens (tertiary/aromatic N) is 3. The molecule has 1 amide bonds. The number of furan rings is 1. The molecule has 0 saturated carbocycles. The van der Waals surface area contributed by atoms with Gasteiger partial charge >= 0.3 is 0 Å². The second-order valence-corrected chi connectivity index (χ2v) is 9.23. The Kier molecular flexibility index (Phi) is 5.69. The van der Waals surface area contributed by atoms with Crippen molar-refractivity contribution >= 4 is 21.6 Å². The van der Waals surface area contributed by atoms with Gasteiger partial charge in [-0.1, -0.05) is 23.4 Å². The summed E-state index contributed by atoms with van der Waals surface area (Å²) in [4.78, 5) is 17.1. The Bertz CT molecular complexity index is 1120. The molecule has 1 aliphatic rings. The van der Waals surface area contributed by atoms with Gasteiger partial charge in [0.25, 0.3) is 0 Å². The monoisotopic (exact) mass is 430 g/mol. The first kappa shape index (κ1) is 20.3. The normalized spacial score (nSPS) is 15.9. The average molecular weight is 430 g/mol. The van der Waals surface area contributed by atoms with Crippen molar-refractivity contribution in [2.75, 3.05) is 24.7 Å². The van der Waals surface area contributed by atoms with Gasteiger partial charge < -0.3 is 14.3 Å². The zero-order valence-corrected chi connectivity index (χ0v) is 17.3. The lowest BCUT2D eigenvalue weighted by molar-refractivity contribution is -0.120. The number of nitrogens with one attached hydrogen (secondary N) is 1. The molecule has 10 heteroatoms. The van der Waals surface area contributed by atoms with Crippen LogP contribution in [0.4, 0.5) is 5.69 Å². The molecule has 1 saturated heterocycles. The van der Waals surface area contributed by atoms with E-state index in [1.165, 1.54) is 16.8 Å². The van der Waals surface area contributed by atoms with E-state index in [1.54, 1.807) is 12.1 Å². The molecule has 0 aliphatic carbocycles. The van der Waals surface area contributed by atoms with E-state index < -0.39 is 10.0 Å². The van der Waals surface area contributed by atoms with Crippen molar-refractivity contribution < 1.29 is 22.2 Å². The van der Waals surface area contributed by atoms with Gasteiger partial charge in [-0.05, 0) is 36.6 Å². The van der Waals surface area contributed by atoms with Crippen LogP contribution in [0.15, 0.2) is 51.6 Å². The Morgan fingerprint density at radius 1 is 1.20 bits per heavy atom. The number of aromatic nitrogens is 2. The van der Waals surface area contributed by atoms with Crippen LogP contribution in [0.1, 0.15) is 24.3 Å². The minimum Gasteiger partial charge on any atom is -0.461 e. The van der Waals surface area contributed by atoms with Gasteiger partial charge in [-0.25, -0.2) is 12.7 Å². The van der Waals surface area contributed by atoms with Gasteiger partial charge in [-0.2, -0.15) is 4.98 Å². The van der Waals surface area contributed by atoms with E-state index >= 15 is 0 Å². The molecule has 1 fully saturated rings. The van der Waals surface area contributed by atoms with Crippen LogP contribution in [-0.4, -0.2) is 48.1 Å². The molecule has 3 heterocycles. The average Bonchev–Trinajstić information content (AvgIpc) is 3.41. The lowest BCUT2D eigenvalue weighted by atomic mass is 9.97. The van der Waals surface area contributed by atoms with E-state index in [4.69, 9.17) is 8.94 Å². The first-order valence-electron chi connectivity index (χ1n) is 9.60. The summed E-state index contributed by atoms with van der Waals surface area (Å²) < 4.78 is 35.3. The Balaban J connectivity index is 1.42. The summed E-state index contributed by atoms with van der Waals surface area (Å²) in [6, 6.07) is 10.9. The summed E-state index contributed by atoms with van der Waals surface area (Å²) >= 11 is 0. The van der Waals surface area contributed by atoms with Crippen LogP contribution >= 0.6 is 0 Å². The smallest absolute Gasteiger partial charge is 0.238 e. The molecule has 0 bridgehead atoms. The number of para-hydroxylation sites is 1. The van der Waals surface area contributed by atoms with Gasteiger partial charge in [0.05, 0.1) is 18.9 Å². The number of amides is 1. The summed E-state index contributed by atoms with van der Waals surface area (Å²) in [5.74, 6) is 0.952. The number of rotatable bonds is 6. The largest absolute Gasteiger partial charge is 0.461 e. The highest BCUT2D eigenvalue weighted by Gasteiger charge is 2.29. The van der Waals surface area contributed by atoms with Gasteiger partial charge in [-0.3, -0.25) is 4.79 Å². The molecule has 4 rings (SSSR count). The summed E-state index contributed by atoms with van der Waals surface area (Å²) in [5.41, 5.74) is 1.51. The highest BCUT2D eigenvalue weighted by atomic mass is 32.2. The minimum absolute atomic E-state index is 0.114. The summed E-state index contributed by atoms with van der Waals surface area (Å²) in [6.45, 7) is 0.714. The Morgan fingerprint density at radius 3 is 2.67 bits per heavy atom. The van der Waals surface area contributed by atoms with Gasteiger partial charge in [0.1, 0.15) is 0 Å². The third-order valence-corrected chi connectivity index (χ3v) is 6.42. The molecule has 0 unspecified atom stereocenters. The Morgan fingerprint density at radius 2 is 1.97 bits per heavy atom. The van der Waals surface area contributed by atoms with E-state index in [-0.39, 0.29) is 11.8 Å². The molecule has 158 valence electrons. The fourth-order valence-corrected chi connectivity index (χ4v) is 4.35. The molecule has 9 nitrogen and oxygen atoms in total. The van der Waals surface area contributed by atoms with Gasteiger partial charge in [0, 0.05) is 24.7 Å². The van der Waals surface area contributed by atoms with Crippen LogP contribution in [0, 0.1) is 5.92 Å². The number of piperidine rings is 1. The number of hydrogen-bond donors (Lipinski definition) is 1. The van der Waals surface area contributed by atoms with Crippen molar-refractivity contribution in [1.82, 2.24) is 14.4 Å². The minimum atomic E-state index is -3.22. The number of hydrogen-bond acceptors (Lipinski definition) is 7. The first-order chi connectivity index (χ1) is 14.4. The van der Waals surface area contributed by atoms with Crippen molar-refractivity contribution in [3.63, 3.8) is 0 Å². The van der Waals surface area contributed by atoms with Crippen LogP contribution in [0.25, 0.3) is 11.6 Å². The second-order valence-electron chi connectivity index (χ2n) is 7.25. The van der Waals surface area contributed by atoms with Gasteiger partial charge in [0.2, 0.25) is 27.6 Å². The lowest BCUT2D eigenvalue weighted by Crippen LogP contribution is -2.40. The van der Waals surface area contributed by atoms with Gasteiger partial charge in [0.15, 0.2) is 5.76 Å². The van der Waals surface area contributed by atoms with E-state index in [0.717, 1.165) is 5.56 Å². The molecule has 1 aromatic carbocycles.